The number of carbonyl (C=O) groups is 4. The Morgan fingerprint density at radius 3 is 2.61 bits per heavy atom. The van der Waals surface area contributed by atoms with Crippen molar-refractivity contribution < 1.29 is 33.0 Å². The van der Waals surface area contributed by atoms with Crippen LogP contribution in [0.2, 0.25) is 0 Å². The van der Waals surface area contributed by atoms with Gasteiger partial charge in [0.2, 0.25) is 5.91 Å². The van der Waals surface area contributed by atoms with Crippen molar-refractivity contribution in [2.75, 3.05) is 13.7 Å². The molecular weight excluding hydrogens is 489 g/mol. The summed E-state index contributed by atoms with van der Waals surface area (Å²) in [5.41, 5.74) is 1.16. The van der Waals surface area contributed by atoms with Gasteiger partial charge in [-0.05, 0) is 72.6 Å². The standard InChI is InChI=1S/C25H24FN3O6S/c1-34-24(32)19(28-22(30)18-3-2-10-27-18)12-14-4-7-16(8-5-14)35-20-9-6-15(11-17(20)26)13-21-23(31)29-25(33)36-21/h4-9,11,13,18-19,27H,2-3,10,12H2,1H3,(H,28,30)(H,29,31,33). The molecule has 2 fully saturated rings. The predicted molar refractivity (Wildman–Crippen MR) is 131 cm³/mol. The number of rotatable bonds is 8. The normalized spacial score (nSPS) is 19.2. The molecule has 9 nitrogen and oxygen atoms in total. The molecule has 2 atom stereocenters. The van der Waals surface area contributed by atoms with Crippen LogP contribution in [0.4, 0.5) is 9.18 Å². The molecule has 0 aromatic heterocycles. The quantitative estimate of drug-likeness (QED) is 0.364. The lowest BCUT2D eigenvalue weighted by atomic mass is 10.0. The van der Waals surface area contributed by atoms with Crippen LogP contribution < -0.4 is 20.7 Å². The van der Waals surface area contributed by atoms with Crippen molar-refractivity contribution in [2.24, 2.45) is 0 Å². The Morgan fingerprint density at radius 2 is 2.00 bits per heavy atom. The first-order valence-electron chi connectivity index (χ1n) is 11.2. The minimum absolute atomic E-state index is 0.0201. The first-order valence-corrected chi connectivity index (χ1v) is 12.1. The summed E-state index contributed by atoms with van der Waals surface area (Å²) in [6.07, 6.45) is 3.26. The highest BCUT2D eigenvalue weighted by atomic mass is 32.2. The van der Waals surface area contributed by atoms with Crippen LogP contribution >= 0.6 is 11.8 Å². The van der Waals surface area contributed by atoms with Crippen molar-refractivity contribution in [1.29, 1.82) is 0 Å². The zero-order valence-corrected chi connectivity index (χ0v) is 20.2. The van der Waals surface area contributed by atoms with E-state index in [2.05, 4.69) is 16.0 Å². The Kier molecular flexibility index (Phi) is 8.01. The van der Waals surface area contributed by atoms with Crippen LogP contribution in [0, 0.1) is 5.82 Å². The van der Waals surface area contributed by atoms with Crippen molar-refractivity contribution in [3.8, 4) is 11.5 Å². The van der Waals surface area contributed by atoms with Crippen molar-refractivity contribution >= 4 is 40.9 Å². The predicted octanol–water partition coefficient (Wildman–Crippen LogP) is 2.89. The maximum absolute atomic E-state index is 14.6. The van der Waals surface area contributed by atoms with Gasteiger partial charge in [0.1, 0.15) is 11.8 Å². The molecule has 2 aliphatic heterocycles. The Bertz CT molecular complexity index is 1210. The largest absolute Gasteiger partial charge is 0.467 e. The van der Waals surface area contributed by atoms with E-state index in [-0.39, 0.29) is 29.0 Å². The zero-order valence-electron chi connectivity index (χ0n) is 19.3. The number of imide groups is 1. The molecule has 0 saturated carbocycles. The van der Waals surface area contributed by atoms with Crippen molar-refractivity contribution in [2.45, 2.75) is 31.3 Å². The summed E-state index contributed by atoms with van der Waals surface area (Å²) in [7, 11) is 1.27. The first-order chi connectivity index (χ1) is 17.3. The van der Waals surface area contributed by atoms with Gasteiger partial charge in [-0.15, -0.1) is 0 Å². The fraction of sp³-hybridized carbons (Fsp3) is 0.280. The Morgan fingerprint density at radius 1 is 1.22 bits per heavy atom. The van der Waals surface area contributed by atoms with Gasteiger partial charge in [0.25, 0.3) is 11.1 Å². The van der Waals surface area contributed by atoms with Gasteiger partial charge in [-0.1, -0.05) is 18.2 Å². The molecule has 4 rings (SSSR count). The van der Waals surface area contributed by atoms with E-state index in [1.54, 1.807) is 30.3 Å². The van der Waals surface area contributed by atoms with Gasteiger partial charge in [-0.3, -0.25) is 19.7 Å². The number of thioether (sulfide) groups is 1. The molecule has 2 aromatic rings. The molecular formula is C25H24FN3O6S. The number of methoxy groups -OCH3 is 1. The zero-order chi connectivity index (χ0) is 25.7. The van der Waals surface area contributed by atoms with E-state index in [1.165, 1.54) is 25.3 Å². The third kappa shape index (κ3) is 6.29. The van der Waals surface area contributed by atoms with Crippen LogP contribution in [0.15, 0.2) is 47.4 Å². The van der Waals surface area contributed by atoms with E-state index >= 15 is 0 Å². The highest BCUT2D eigenvalue weighted by molar-refractivity contribution is 8.18. The SMILES string of the molecule is COC(=O)C(Cc1ccc(Oc2ccc(C=C3SC(=O)NC3=O)cc2F)cc1)NC(=O)C1CCCN1. The number of halogens is 1. The molecule has 36 heavy (non-hydrogen) atoms. The molecule has 0 radical (unpaired) electrons. The van der Waals surface area contributed by atoms with Gasteiger partial charge in [-0.25, -0.2) is 9.18 Å². The summed E-state index contributed by atoms with van der Waals surface area (Å²) >= 11 is 0.752. The highest BCUT2D eigenvalue weighted by Gasteiger charge is 2.28. The average molecular weight is 514 g/mol. The Hall–Kier alpha value is -3.70. The summed E-state index contributed by atoms with van der Waals surface area (Å²) in [5.74, 6) is -1.60. The third-order valence-electron chi connectivity index (χ3n) is 5.67. The smallest absolute Gasteiger partial charge is 0.328 e. The van der Waals surface area contributed by atoms with Gasteiger partial charge in [0.15, 0.2) is 11.6 Å². The van der Waals surface area contributed by atoms with E-state index in [4.69, 9.17) is 9.47 Å². The summed E-state index contributed by atoms with van der Waals surface area (Å²) < 4.78 is 25.1. The number of amides is 3. The summed E-state index contributed by atoms with van der Waals surface area (Å²) in [4.78, 5) is 47.7. The average Bonchev–Trinajstić information content (AvgIpc) is 3.50. The fourth-order valence-electron chi connectivity index (χ4n) is 3.83. The molecule has 11 heteroatoms. The van der Waals surface area contributed by atoms with Gasteiger partial charge in [-0.2, -0.15) is 0 Å². The lowest BCUT2D eigenvalue weighted by Crippen LogP contribution is -2.49. The second kappa shape index (κ2) is 11.4. The number of carbonyl (C=O) groups excluding carboxylic acids is 4. The van der Waals surface area contributed by atoms with Crippen LogP contribution in [0.25, 0.3) is 6.08 Å². The number of nitrogens with one attached hydrogen (secondary N) is 3. The van der Waals surface area contributed by atoms with E-state index in [0.29, 0.717) is 17.7 Å². The van der Waals surface area contributed by atoms with Gasteiger partial charge < -0.3 is 20.1 Å². The van der Waals surface area contributed by atoms with Crippen LogP contribution in [-0.2, 0) is 25.5 Å². The van der Waals surface area contributed by atoms with Crippen LogP contribution in [0.3, 0.4) is 0 Å². The number of ether oxygens (including phenoxy) is 2. The van der Waals surface area contributed by atoms with Gasteiger partial charge >= 0.3 is 5.97 Å². The lowest BCUT2D eigenvalue weighted by molar-refractivity contribution is -0.145. The van der Waals surface area contributed by atoms with Crippen LogP contribution in [0.5, 0.6) is 11.5 Å². The number of hydrogen-bond donors (Lipinski definition) is 3. The number of hydrogen-bond acceptors (Lipinski definition) is 8. The fourth-order valence-corrected chi connectivity index (χ4v) is 4.52. The monoisotopic (exact) mass is 513 g/mol. The van der Waals surface area contributed by atoms with E-state index in [0.717, 1.165) is 30.3 Å². The molecule has 0 aliphatic carbocycles. The molecule has 0 spiro atoms. The second-order valence-electron chi connectivity index (χ2n) is 8.23. The maximum Gasteiger partial charge on any atom is 0.328 e. The third-order valence-corrected chi connectivity index (χ3v) is 6.48. The number of benzene rings is 2. The Labute approximate surface area is 210 Å². The maximum atomic E-state index is 14.6. The lowest BCUT2D eigenvalue weighted by Gasteiger charge is -2.19. The molecule has 2 aromatic carbocycles. The summed E-state index contributed by atoms with van der Waals surface area (Å²) in [6, 6.07) is 9.73. The van der Waals surface area contributed by atoms with Crippen LogP contribution in [0.1, 0.15) is 24.0 Å². The molecule has 0 bridgehead atoms. The molecule has 3 amide bonds. The summed E-state index contributed by atoms with van der Waals surface area (Å²) in [5, 5.41) is 7.52. The molecule has 2 saturated heterocycles. The molecule has 2 heterocycles. The molecule has 188 valence electrons. The van der Waals surface area contributed by atoms with Crippen molar-refractivity contribution in [3.63, 3.8) is 0 Å². The van der Waals surface area contributed by atoms with Crippen molar-refractivity contribution in [3.05, 3.63) is 64.3 Å². The van der Waals surface area contributed by atoms with Crippen LogP contribution in [-0.4, -0.2) is 48.8 Å². The summed E-state index contributed by atoms with van der Waals surface area (Å²) in [6.45, 7) is 0.765. The molecule has 2 aliphatic rings. The van der Waals surface area contributed by atoms with E-state index in [1.807, 2.05) is 0 Å². The topological polar surface area (TPSA) is 123 Å². The number of esters is 1. The van der Waals surface area contributed by atoms with Gasteiger partial charge in [0, 0.05) is 6.42 Å². The Balaban J connectivity index is 1.39. The van der Waals surface area contributed by atoms with E-state index in [9.17, 15) is 23.6 Å². The van der Waals surface area contributed by atoms with Crippen molar-refractivity contribution in [1.82, 2.24) is 16.0 Å². The first kappa shape index (κ1) is 25.4. The molecule has 2 unspecified atom stereocenters. The molecule has 3 N–H and O–H groups in total. The minimum Gasteiger partial charge on any atom is -0.467 e. The van der Waals surface area contributed by atoms with E-state index < -0.39 is 29.0 Å². The second-order valence-corrected chi connectivity index (χ2v) is 9.24. The van der Waals surface area contributed by atoms with Gasteiger partial charge in [0.05, 0.1) is 18.1 Å². The highest BCUT2D eigenvalue weighted by Crippen LogP contribution is 2.29. The minimum atomic E-state index is -0.841.